The Morgan fingerprint density at radius 3 is 1.67 bits per heavy atom. The summed E-state index contributed by atoms with van der Waals surface area (Å²) in [6, 6.07) is 0. The predicted octanol–water partition coefficient (Wildman–Crippen LogP) is 6.26. The Morgan fingerprint density at radius 2 is 1.37 bits per heavy atom. The maximum atomic E-state index is 7.00. The Morgan fingerprint density at radius 1 is 0.889 bits per heavy atom. The fourth-order valence-electron chi connectivity index (χ4n) is 3.25. The largest absolute Gasteiger partial charge is 0.512 e. The maximum Gasteiger partial charge on any atom is 0.512 e. The molecule has 0 rings (SSSR count). The Kier molecular flexibility index (Phi) is 13.4. The summed E-state index contributed by atoms with van der Waals surface area (Å²) < 4.78 is 20.3. The molecular formula is C21H47O3SSi2. The summed E-state index contributed by atoms with van der Waals surface area (Å²) >= 11 is 0. The molecule has 0 heterocycles. The fraction of sp³-hybridized carbons (Fsp3) is 1.00. The Hall–Kier alpha value is 0.664. The van der Waals surface area contributed by atoms with Gasteiger partial charge in [-0.25, -0.2) is 0 Å². The van der Waals surface area contributed by atoms with Gasteiger partial charge in [-0.15, -0.1) is 0 Å². The second kappa shape index (κ2) is 13.1. The second-order valence-corrected chi connectivity index (χ2v) is 18.7. The summed E-state index contributed by atoms with van der Waals surface area (Å²) in [6.45, 7) is 17.2. The molecule has 0 spiro atoms. The van der Waals surface area contributed by atoms with Gasteiger partial charge in [0.05, 0.1) is 20.4 Å². The van der Waals surface area contributed by atoms with E-state index in [1.54, 1.807) is 0 Å². The summed E-state index contributed by atoms with van der Waals surface area (Å²) in [7, 11) is 0.159. The number of hydrogen-bond donors (Lipinski definition) is 0. The van der Waals surface area contributed by atoms with Gasteiger partial charge in [-0.1, -0.05) is 67.7 Å². The van der Waals surface area contributed by atoms with Crippen LogP contribution in [-0.2, 0) is 13.3 Å². The molecule has 0 aliphatic heterocycles. The van der Waals surface area contributed by atoms with Gasteiger partial charge in [0.15, 0.2) is 0 Å². The zero-order chi connectivity index (χ0) is 21.1. The predicted molar refractivity (Wildman–Crippen MR) is 126 cm³/mol. The summed E-state index contributed by atoms with van der Waals surface area (Å²) in [5.41, 5.74) is 0.0694. The third kappa shape index (κ3) is 9.81. The fourth-order valence-corrected chi connectivity index (χ4v) is 12.3. The van der Waals surface area contributed by atoms with Crippen LogP contribution in [0.1, 0.15) is 93.4 Å². The van der Waals surface area contributed by atoms with Crippen LogP contribution in [0.25, 0.3) is 0 Å². The third-order valence-electron chi connectivity index (χ3n) is 4.90. The van der Waals surface area contributed by atoms with Crippen molar-refractivity contribution in [1.82, 2.24) is 0 Å². The number of hydrogen-bond acceptors (Lipinski definition) is 3. The minimum Gasteiger partial charge on any atom is -0.373 e. The van der Waals surface area contributed by atoms with Crippen molar-refractivity contribution < 1.29 is 13.3 Å². The first-order chi connectivity index (χ1) is 12.5. The van der Waals surface area contributed by atoms with Crippen molar-refractivity contribution in [2.75, 3.05) is 25.7 Å². The lowest BCUT2D eigenvalue weighted by atomic mass is 9.87. The highest BCUT2D eigenvalue weighted by Crippen LogP contribution is 2.48. The maximum absolute atomic E-state index is 7.00. The van der Waals surface area contributed by atoms with Crippen LogP contribution in [0.2, 0.25) is 0 Å². The van der Waals surface area contributed by atoms with Crippen molar-refractivity contribution in [2.24, 2.45) is 5.41 Å². The van der Waals surface area contributed by atoms with Crippen LogP contribution in [0.3, 0.4) is 0 Å². The SMILES string of the molecule is CCCCO[Si](OCCCC)(OC(CCC)C(C)(C)C)C(CC)S(C)(C)[Si]. The van der Waals surface area contributed by atoms with Gasteiger partial charge in [0, 0.05) is 13.2 Å². The van der Waals surface area contributed by atoms with E-state index < -0.39 is 18.3 Å². The van der Waals surface area contributed by atoms with Crippen molar-refractivity contribution in [1.29, 1.82) is 0 Å². The van der Waals surface area contributed by atoms with Crippen molar-refractivity contribution in [3.8, 4) is 0 Å². The molecule has 0 saturated carbocycles. The lowest BCUT2D eigenvalue weighted by Gasteiger charge is -2.47. The van der Waals surface area contributed by atoms with E-state index in [9.17, 15) is 0 Å². The third-order valence-corrected chi connectivity index (χ3v) is 13.9. The molecule has 0 aromatic carbocycles. The molecule has 0 amide bonds. The molecule has 3 nitrogen and oxygen atoms in total. The minimum absolute atomic E-state index is 0.0694. The minimum atomic E-state index is -2.86. The summed E-state index contributed by atoms with van der Waals surface area (Å²) in [5, 5.41) is 0. The molecule has 3 radical (unpaired) electrons. The van der Waals surface area contributed by atoms with Gasteiger partial charge in [-0.3, -0.25) is 9.48 Å². The summed E-state index contributed by atoms with van der Waals surface area (Å²) in [4.78, 5) is 0.303. The van der Waals surface area contributed by atoms with E-state index in [4.69, 9.17) is 13.3 Å². The van der Waals surface area contributed by atoms with E-state index >= 15 is 0 Å². The van der Waals surface area contributed by atoms with Crippen LogP contribution in [0.15, 0.2) is 0 Å². The smallest absolute Gasteiger partial charge is 0.373 e. The highest BCUT2D eigenvalue weighted by atomic mass is 32.4. The molecule has 0 aromatic rings. The van der Waals surface area contributed by atoms with Crippen molar-refractivity contribution in [3.05, 3.63) is 0 Å². The van der Waals surface area contributed by atoms with E-state index in [0.717, 1.165) is 58.2 Å². The van der Waals surface area contributed by atoms with Crippen LogP contribution in [-0.4, -0.2) is 54.9 Å². The van der Waals surface area contributed by atoms with Gasteiger partial charge in [-0.2, -0.15) is 0 Å². The molecule has 0 aliphatic carbocycles. The van der Waals surface area contributed by atoms with Gasteiger partial charge >= 0.3 is 8.80 Å². The van der Waals surface area contributed by atoms with E-state index in [1.807, 2.05) is 0 Å². The zero-order valence-corrected chi connectivity index (χ0v) is 22.5. The first-order valence-electron chi connectivity index (χ1n) is 10.9. The van der Waals surface area contributed by atoms with Crippen LogP contribution >= 0.6 is 9.48 Å². The van der Waals surface area contributed by atoms with Gasteiger partial charge in [-0.05, 0) is 43.6 Å². The van der Waals surface area contributed by atoms with Crippen molar-refractivity contribution >= 4 is 27.7 Å². The average molecular weight is 436 g/mol. The molecule has 0 aromatic heterocycles. The Bertz CT molecular complexity index is 371. The molecule has 0 bridgehead atoms. The van der Waals surface area contributed by atoms with E-state index in [0.29, 0.717) is 4.87 Å². The average Bonchev–Trinajstić information content (AvgIpc) is 2.53. The van der Waals surface area contributed by atoms with E-state index in [2.05, 4.69) is 70.4 Å². The lowest BCUT2D eigenvalue weighted by molar-refractivity contribution is -0.0209. The molecule has 6 heteroatoms. The molecule has 0 aliphatic rings. The molecule has 2 unspecified atom stereocenters. The summed E-state index contributed by atoms with van der Waals surface area (Å²) in [6.07, 6.45) is 12.3. The topological polar surface area (TPSA) is 27.7 Å². The van der Waals surface area contributed by atoms with Crippen molar-refractivity contribution in [2.45, 2.75) is 104 Å². The number of unbranched alkanes of at least 4 members (excludes halogenated alkanes) is 2. The van der Waals surface area contributed by atoms with Crippen LogP contribution in [0, 0.1) is 5.41 Å². The number of rotatable bonds is 15. The Balaban J connectivity index is 5.96. The molecule has 0 fully saturated rings. The van der Waals surface area contributed by atoms with Crippen molar-refractivity contribution in [3.63, 3.8) is 0 Å². The highest BCUT2D eigenvalue weighted by molar-refractivity contribution is 8.50. The van der Waals surface area contributed by atoms with Gasteiger partial charge < -0.3 is 13.3 Å². The highest BCUT2D eigenvalue weighted by Gasteiger charge is 2.54. The Labute approximate surface area is 176 Å². The molecule has 0 saturated heterocycles. The standard InChI is InChI=1S/C21H47O3SSi2/c1-10-14-17-22-27(23-18-15-11-2,20(13-4)25(8,9)26)24-19(16-12-3)21(5,6)7/h19-20H,10-18H2,1-9H3. The van der Waals surface area contributed by atoms with Crippen LogP contribution in [0.4, 0.5) is 0 Å². The van der Waals surface area contributed by atoms with E-state index in [-0.39, 0.29) is 11.5 Å². The first kappa shape index (κ1) is 27.7. The molecule has 163 valence electrons. The second-order valence-electron chi connectivity index (χ2n) is 9.07. The monoisotopic (exact) mass is 435 g/mol. The zero-order valence-electron chi connectivity index (χ0n) is 19.7. The molecule has 0 N–H and O–H groups in total. The van der Waals surface area contributed by atoms with Crippen LogP contribution < -0.4 is 0 Å². The normalized spacial score (nSPS) is 16.4. The molecular weight excluding hydrogens is 388 g/mol. The quantitative estimate of drug-likeness (QED) is 0.224. The van der Waals surface area contributed by atoms with Gasteiger partial charge in [0.25, 0.3) is 0 Å². The molecule has 27 heavy (non-hydrogen) atoms. The van der Waals surface area contributed by atoms with Crippen LogP contribution in [0.5, 0.6) is 0 Å². The summed E-state index contributed by atoms with van der Waals surface area (Å²) in [5.74, 6) is 0. The first-order valence-corrected chi connectivity index (χ1v) is 16.4. The lowest BCUT2D eigenvalue weighted by Crippen LogP contribution is -2.60. The van der Waals surface area contributed by atoms with E-state index in [1.165, 1.54) is 0 Å². The van der Waals surface area contributed by atoms with Gasteiger partial charge in [0.2, 0.25) is 0 Å². The van der Waals surface area contributed by atoms with Gasteiger partial charge in [0.1, 0.15) is 0 Å². The molecule has 2 atom stereocenters.